The van der Waals surface area contributed by atoms with Gasteiger partial charge in [-0.1, -0.05) is 23.7 Å². The molecule has 20 heavy (non-hydrogen) atoms. The average molecular weight is 378 g/mol. The van der Waals surface area contributed by atoms with Crippen molar-refractivity contribution in [3.05, 3.63) is 49.8 Å². The fourth-order valence-corrected chi connectivity index (χ4v) is 4.03. The van der Waals surface area contributed by atoms with Crippen LogP contribution >= 0.6 is 38.9 Å². The summed E-state index contributed by atoms with van der Waals surface area (Å²) in [5.41, 5.74) is 6.47. The molecule has 2 N–H and O–H groups in total. The van der Waals surface area contributed by atoms with E-state index in [-0.39, 0.29) is 11.9 Å². The molecule has 0 spiro atoms. The lowest BCUT2D eigenvalue weighted by Crippen LogP contribution is -2.33. The Labute approximate surface area is 135 Å². The van der Waals surface area contributed by atoms with Crippen molar-refractivity contribution in [1.82, 2.24) is 0 Å². The molecule has 1 aromatic carbocycles. The maximum Gasteiger partial charge on any atom is 0.146 e. The number of nitrogens with zero attached hydrogens (tertiary/aromatic N) is 1. The van der Waals surface area contributed by atoms with Crippen molar-refractivity contribution in [2.45, 2.75) is 13.0 Å². The van der Waals surface area contributed by atoms with E-state index < -0.39 is 0 Å². The normalized spacial score (nSPS) is 12.4. The molecule has 2 rings (SSSR count). The summed E-state index contributed by atoms with van der Waals surface area (Å²) < 4.78 is 15.5. The Morgan fingerprint density at radius 1 is 1.45 bits per heavy atom. The maximum absolute atomic E-state index is 14.0. The van der Waals surface area contributed by atoms with Gasteiger partial charge in [0.1, 0.15) is 10.2 Å². The van der Waals surface area contributed by atoms with Crippen molar-refractivity contribution in [3.63, 3.8) is 0 Å². The van der Waals surface area contributed by atoms with Crippen LogP contribution in [0.2, 0.25) is 4.34 Å². The zero-order chi connectivity index (χ0) is 14.7. The first-order valence-electron chi connectivity index (χ1n) is 6.24. The summed E-state index contributed by atoms with van der Waals surface area (Å²) in [7, 11) is 0. The van der Waals surface area contributed by atoms with E-state index in [1.165, 1.54) is 17.4 Å². The smallest absolute Gasteiger partial charge is 0.146 e. The van der Waals surface area contributed by atoms with Crippen molar-refractivity contribution < 1.29 is 4.39 Å². The predicted octanol–water partition coefficient (Wildman–Crippen LogP) is 4.83. The Morgan fingerprint density at radius 2 is 2.15 bits per heavy atom. The molecule has 0 amide bonds. The molecule has 0 aliphatic rings. The molecule has 6 heteroatoms. The van der Waals surface area contributed by atoms with Gasteiger partial charge in [-0.25, -0.2) is 4.39 Å². The zero-order valence-electron chi connectivity index (χ0n) is 10.9. The summed E-state index contributed by atoms with van der Waals surface area (Å²) in [5.74, 6) is -0.241. The molecule has 0 saturated carbocycles. The van der Waals surface area contributed by atoms with Crippen LogP contribution in [0.25, 0.3) is 0 Å². The number of para-hydroxylation sites is 1. The van der Waals surface area contributed by atoms with E-state index in [9.17, 15) is 4.39 Å². The van der Waals surface area contributed by atoms with Crippen LogP contribution in [0.3, 0.4) is 0 Å². The van der Waals surface area contributed by atoms with Gasteiger partial charge in [0.25, 0.3) is 0 Å². The van der Waals surface area contributed by atoms with Gasteiger partial charge in [-0.3, -0.25) is 0 Å². The first kappa shape index (κ1) is 15.8. The van der Waals surface area contributed by atoms with E-state index in [2.05, 4.69) is 15.9 Å². The lowest BCUT2D eigenvalue weighted by atomic mass is 10.1. The van der Waals surface area contributed by atoms with E-state index in [0.29, 0.717) is 23.1 Å². The molecule has 0 aliphatic heterocycles. The summed E-state index contributed by atoms with van der Waals surface area (Å²) in [6.07, 6.45) is 0. The van der Waals surface area contributed by atoms with Crippen molar-refractivity contribution in [3.8, 4) is 0 Å². The quantitative estimate of drug-likeness (QED) is 0.808. The molecule has 1 unspecified atom stereocenters. The number of hydrogen-bond donors (Lipinski definition) is 1. The van der Waals surface area contributed by atoms with Crippen LogP contribution in [0.5, 0.6) is 0 Å². The fourth-order valence-electron chi connectivity index (χ4n) is 2.17. The first-order chi connectivity index (χ1) is 9.58. The number of benzene rings is 1. The Balaban J connectivity index is 2.40. The van der Waals surface area contributed by atoms with Crippen LogP contribution in [-0.2, 0) is 0 Å². The van der Waals surface area contributed by atoms with E-state index in [1.54, 1.807) is 12.1 Å². The third-order valence-electron chi connectivity index (χ3n) is 3.09. The number of nitrogens with two attached hydrogens (primary N) is 1. The largest absolute Gasteiger partial charge is 0.360 e. The highest BCUT2D eigenvalue weighted by atomic mass is 79.9. The minimum atomic E-state index is -0.241. The molecule has 1 heterocycles. The summed E-state index contributed by atoms with van der Waals surface area (Å²) >= 11 is 11.0. The van der Waals surface area contributed by atoms with Crippen molar-refractivity contribution in [2.24, 2.45) is 5.73 Å². The van der Waals surface area contributed by atoms with Crippen molar-refractivity contribution in [2.75, 3.05) is 18.0 Å². The predicted molar refractivity (Wildman–Crippen MR) is 88.2 cm³/mol. The Hall–Kier alpha value is -0.620. The zero-order valence-corrected chi connectivity index (χ0v) is 14.1. The molecule has 1 atom stereocenters. The van der Waals surface area contributed by atoms with Gasteiger partial charge in [-0.05, 0) is 41.1 Å². The molecule has 0 radical (unpaired) electrons. The second kappa shape index (κ2) is 6.89. The van der Waals surface area contributed by atoms with Crippen LogP contribution in [0, 0.1) is 5.82 Å². The molecule has 0 bridgehead atoms. The minimum Gasteiger partial charge on any atom is -0.360 e. The van der Waals surface area contributed by atoms with Crippen LogP contribution in [-0.4, -0.2) is 13.1 Å². The van der Waals surface area contributed by atoms with Gasteiger partial charge in [-0.2, -0.15) is 0 Å². The van der Waals surface area contributed by atoms with Gasteiger partial charge in [0, 0.05) is 22.4 Å². The monoisotopic (exact) mass is 376 g/mol. The fraction of sp³-hybridized carbons (Fsp3) is 0.286. The van der Waals surface area contributed by atoms with Gasteiger partial charge in [-0.15, -0.1) is 11.3 Å². The second-order valence-corrected chi connectivity index (χ2v) is 6.80. The van der Waals surface area contributed by atoms with E-state index in [1.807, 2.05) is 24.0 Å². The second-order valence-electron chi connectivity index (χ2n) is 4.26. The summed E-state index contributed by atoms with van der Waals surface area (Å²) in [4.78, 5) is 2.98. The SMILES string of the molecule is CCN(c1ccccc1F)C(CN)c1cc(Br)c(Cl)s1. The van der Waals surface area contributed by atoms with Crippen LogP contribution < -0.4 is 10.6 Å². The molecule has 108 valence electrons. The third kappa shape index (κ3) is 3.17. The molecular weight excluding hydrogens is 363 g/mol. The number of anilines is 1. The van der Waals surface area contributed by atoms with Crippen LogP contribution in [0.15, 0.2) is 34.8 Å². The number of likely N-dealkylation sites (N-methyl/N-ethyl adjacent to an activating group) is 1. The first-order valence-corrected chi connectivity index (χ1v) is 8.23. The summed E-state index contributed by atoms with van der Waals surface area (Å²) in [5, 5.41) is 0. The van der Waals surface area contributed by atoms with Crippen LogP contribution in [0.4, 0.5) is 10.1 Å². The van der Waals surface area contributed by atoms with Gasteiger partial charge in [0.2, 0.25) is 0 Å². The molecular formula is C14H15BrClFN2S. The van der Waals surface area contributed by atoms with Crippen molar-refractivity contribution in [1.29, 1.82) is 0 Å². The van der Waals surface area contributed by atoms with Gasteiger partial charge in [0.05, 0.1) is 11.7 Å². The molecule has 0 aliphatic carbocycles. The number of halogens is 3. The maximum atomic E-state index is 14.0. The highest BCUT2D eigenvalue weighted by Crippen LogP contribution is 2.38. The van der Waals surface area contributed by atoms with Gasteiger partial charge in [0.15, 0.2) is 0 Å². The average Bonchev–Trinajstić information content (AvgIpc) is 2.76. The lowest BCUT2D eigenvalue weighted by molar-refractivity contribution is 0.592. The lowest BCUT2D eigenvalue weighted by Gasteiger charge is -2.31. The molecule has 1 aromatic heterocycles. The van der Waals surface area contributed by atoms with E-state index >= 15 is 0 Å². The Bertz CT molecular complexity index is 571. The topological polar surface area (TPSA) is 29.3 Å². The standard InChI is InChI=1S/C14H15BrClFN2S/c1-2-19(11-6-4-3-5-10(11)17)12(8-18)13-7-9(15)14(16)20-13/h3-7,12H,2,8,18H2,1H3. The Kier molecular flexibility index (Phi) is 5.43. The van der Waals surface area contributed by atoms with Crippen molar-refractivity contribution >= 4 is 44.6 Å². The summed E-state index contributed by atoms with van der Waals surface area (Å²) in [6, 6.07) is 8.60. The van der Waals surface area contributed by atoms with Gasteiger partial charge >= 0.3 is 0 Å². The molecule has 0 fully saturated rings. The highest BCUT2D eigenvalue weighted by Gasteiger charge is 2.23. The number of hydrogen-bond acceptors (Lipinski definition) is 3. The van der Waals surface area contributed by atoms with Crippen LogP contribution in [0.1, 0.15) is 17.8 Å². The number of rotatable bonds is 5. The summed E-state index contributed by atoms with van der Waals surface area (Å²) in [6.45, 7) is 3.04. The van der Waals surface area contributed by atoms with E-state index in [0.717, 1.165) is 9.35 Å². The Morgan fingerprint density at radius 3 is 2.65 bits per heavy atom. The molecule has 2 nitrogen and oxygen atoms in total. The van der Waals surface area contributed by atoms with Gasteiger partial charge < -0.3 is 10.6 Å². The number of thiophene rings is 1. The molecule has 2 aromatic rings. The van der Waals surface area contributed by atoms with E-state index in [4.69, 9.17) is 17.3 Å². The molecule has 0 saturated heterocycles. The highest BCUT2D eigenvalue weighted by molar-refractivity contribution is 9.10. The minimum absolute atomic E-state index is 0.0919. The third-order valence-corrected chi connectivity index (χ3v) is 5.67.